The molecule has 2 amide bonds. The van der Waals surface area contributed by atoms with Crippen molar-refractivity contribution in [3.8, 4) is 11.8 Å². The van der Waals surface area contributed by atoms with E-state index in [0.717, 1.165) is 0 Å². The predicted octanol–water partition coefficient (Wildman–Crippen LogP) is 4.46. The van der Waals surface area contributed by atoms with Gasteiger partial charge in [0.1, 0.15) is 5.75 Å². The summed E-state index contributed by atoms with van der Waals surface area (Å²) in [5, 5.41) is 14.5. The van der Waals surface area contributed by atoms with E-state index < -0.39 is 0 Å². The zero-order valence-electron chi connectivity index (χ0n) is 15.8. The number of hydrogen-bond acceptors (Lipinski definition) is 4. The van der Waals surface area contributed by atoms with Crippen LogP contribution in [0.15, 0.2) is 72.8 Å². The molecule has 3 aromatic carbocycles. The Kier molecular flexibility index (Phi) is 6.23. The van der Waals surface area contributed by atoms with E-state index in [1.807, 2.05) is 19.1 Å². The number of hydrogen-bond donors (Lipinski definition) is 2. The summed E-state index contributed by atoms with van der Waals surface area (Å²) < 4.78 is 5.52. The average Bonchev–Trinajstić information content (AvgIpc) is 2.75. The fourth-order valence-electron chi connectivity index (χ4n) is 2.72. The molecular formula is C23H19N3O3. The van der Waals surface area contributed by atoms with Crippen molar-refractivity contribution in [3.63, 3.8) is 0 Å². The summed E-state index contributed by atoms with van der Waals surface area (Å²) in [4.78, 5) is 25.2. The third-order valence-corrected chi connectivity index (χ3v) is 4.07. The minimum atomic E-state index is -0.371. The van der Waals surface area contributed by atoms with Crippen LogP contribution in [0.5, 0.6) is 5.75 Å². The SMILES string of the molecule is CCOc1ccccc1NC(=O)c1cccc(C(=O)Nc2cccc(C#N)c2)c1. The van der Waals surface area contributed by atoms with Gasteiger partial charge in [-0.1, -0.05) is 24.3 Å². The Labute approximate surface area is 168 Å². The number of carbonyl (C=O) groups is 2. The second-order valence-corrected chi connectivity index (χ2v) is 6.11. The molecule has 0 bridgehead atoms. The van der Waals surface area contributed by atoms with Gasteiger partial charge in [0.05, 0.1) is 23.9 Å². The average molecular weight is 385 g/mol. The first-order valence-electron chi connectivity index (χ1n) is 9.05. The summed E-state index contributed by atoms with van der Waals surface area (Å²) in [6.07, 6.45) is 0. The summed E-state index contributed by atoms with van der Waals surface area (Å²) in [7, 11) is 0. The fraction of sp³-hybridized carbons (Fsp3) is 0.0870. The standard InChI is InChI=1S/C23H19N3O3/c1-2-29-21-12-4-3-11-20(21)26-23(28)18-9-6-8-17(14-18)22(27)25-19-10-5-7-16(13-19)15-24/h3-14H,2H2,1H3,(H,25,27)(H,26,28). The normalized spacial score (nSPS) is 9.93. The minimum Gasteiger partial charge on any atom is -0.492 e. The molecule has 0 spiro atoms. The van der Waals surface area contributed by atoms with E-state index in [1.54, 1.807) is 60.7 Å². The van der Waals surface area contributed by atoms with Crippen LogP contribution < -0.4 is 15.4 Å². The number of benzene rings is 3. The lowest BCUT2D eigenvalue weighted by molar-refractivity contribution is 0.102. The first-order chi connectivity index (χ1) is 14.1. The van der Waals surface area contributed by atoms with E-state index in [-0.39, 0.29) is 11.8 Å². The number of rotatable bonds is 6. The van der Waals surface area contributed by atoms with Crippen LogP contribution in [0.4, 0.5) is 11.4 Å². The number of nitrogens with one attached hydrogen (secondary N) is 2. The summed E-state index contributed by atoms with van der Waals surface area (Å²) in [5.41, 5.74) is 2.19. The van der Waals surface area contributed by atoms with E-state index in [4.69, 9.17) is 10.00 Å². The van der Waals surface area contributed by atoms with Crippen LogP contribution in [0.25, 0.3) is 0 Å². The zero-order chi connectivity index (χ0) is 20.6. The third kappa shape index (κ3) is 4.99. The first kappa shape index (κ1) is 19.6. The Morgan fingerprint density at radius 1 is 0.897 bits per heavy atom. The van der Waals surface area contributed by atoms with E-state index in [2.05, 4.69) is 10.6 Å². The van der Waals surface area contributed by atoms with Gasteiger partial charge >= 0.3 is 0 Å². The van der Waals surface area contributed by atoms with Crippen molar-refractivity contribution in [1.29, 1.82) is 5.26 Å². The zero-order valence-corrected chi connectivity index (χ0v) is 15.8. The van der Waals surface area contributed by atoms with Gasteiger partial charge in [-0.2, -0.15) is 5.26 Å². The topological polar surface area (TPSA) is 91.2 Å². The van der Waals surface area contributed by atoms with Gasteiger partial charge in [-0.15, -0.1) is 0 Å². The monoisotopic (exact) mass is 385 g/mol. The van der Waals surface area contributed by atoms with E-state index >= 15 is 0 Å². The van der Waals surface area contributed by atoms with Crippen LogP contribution in [0.3, 0.4) is 0 Å². The van der Waals surface area contributed by atoms with Crippen molar-refractivity contribution in [2.75, 3.05) is 17.2 Å². The van der Waals surface area contributed by atoms with Crippen molar-refractivity contribution in [1.82, 2.24) is 0 Å². The van der Waals surface area contributed by atoms with Crippen LogP contribution in [0, 0.1) is 11.3 Å². The second-order valence-electron chi connectivity index (χ2n) is 6.11. The van der Waals surface area contributed by atoms with Crippen molar-refractivity contribution in [2.24, 2.45) is 0 Å². The lowest BCUT2D eigenvalue weighted by Gasteiger charge is -2.12. The quantitative estimate of drug-likeness (QED) is 0.655. The maximum atomic E-state index is 12.7. The molecule has 0 radical (unpaired) electrons. The maximum absolute atomic E-state index is 12.7. The van der Waals surface area contributed by atoms with Gasteiger partial charge in [-0.25, -0.2) is 0 Å². The summed E-state index contributed by atoms with van der Waals surface area (Å²) in [6, 6.07) is 22.2. The molecule has 0 saturated carbocycles. The van der Waals surface area contributed by atoms with Gasteiger partial charge in [0.15, 0.2) is 0 Å². The molecule has 0 atom stereocenters. The molecule has 6 nitrogen and oxygen atoms in total. The minimum absolute atomic E-state index is 0.332. The Hall–Kier alpha value is -4.11. The van der Waals surface area contributed by atoms with Gasteiger partial charge in [0, 0.05) is 16.8 Å². The highest BCUT2D eigenvalue weighted by molar-refractivity contribution is 6.09. The molecular weight excluding hydrogens is 366 g/mol. The molecule has 0 aliphatic carbocycles. The number of carbonyl (C=O) groups excluding carboxylic acids is 2. The highest BCUT2D eigenvalue weighted by Crippen LogP contribution is 2.24. The molecule has 29 heavy (non-hydrogen) atoms. The number of ether oxygens (including phenoxy) is 1. The largest absolute Gasteiger partial charge is 0.492 e. The number of nitrogens with zero attached hydrogens (tertiary/aromatic N) is 1. The molecule has 3 rings (SSSR count). The van der Waals surface area contributed by atoms with Gasteiger partial charge in [-0.05, 0) is 55.5 Å². The molecule has 0 heterocycles. The smallest absolute Gasteiger partial charge is 0.255 e. The molecule has 3 aromatic rings. The van der Waals surface area contributed by atoms with Gasteiger partial charge in [-0.3, -0.25) is 9.59 Å². The van der Waals surface area contributed by atoms with E-state index in [9.17, 15) is 9.59 Å². The highest BCUT2D eigenvalue weighted by atomic mass is 16.5. The maximum Gasteiger partial charge on any atom is 0.255 e. The lowest BCUT2D eigenvalue weighted by Crippen LogP contribution is -2.16. The van der Waals surface area contributed by atoms with Gasteiger partial charge < -0.3 is 15.4 Å². The summed E-state index contributed by atoms with van der Waals surface area (Å²) >= 11 is 0. The predicted molar refractivity (Wildman–Crippen MR) is 111 cm³/mol. The van der Waals surface area contributed by atoms with Gasteiger partial charge in [0.2, 0.25) is 0 Å². The molecule has 0 aromatic heterocycles. The highest BCUT2D eigenvalue weighted by Gasteiger charge is 2.13. The van der Waals surface area contributed by atoms with Crippen molar-refractivity contribution in [2.45, 2.75) is 6.92 Å². The van der Waals surface area contributed by atoms with Crippen LogP contribution >= 0.6 is 0 Å². The third-order valence-electron chi connectivity index (χ3n) is 4.07. The number of anilines is 2. The molecule has 0 aliphatic heterocycles. The molecule has 144 valence electrons. The van der Waals surface area contributed by atoms with Crippen LogP contribution in [0.2, 0.25) is 0 Å². The summed E-state index contributed by atoms with van der Waals surface area (Å²) in [6.45, 7) is 2.35. The van der Waals surface area contributed by atoms with Crippen molar-refractivity contribution < 1.29 is 14.3 Å². The van der Waals surface area contributed by atoms with Crippen molar-refractivity contribution >= 4 is 23.2 Å². The number of amides is 2. The van der Waals surface area contributed by atoms with Crippen LogP contribution in [-0.2, 0) is 0 Å². The molecule has 0 aliphatic rings. The Morgan fingerprint density at radius 2 is 1.59 bits per heavy atom. The molecule has 6 heteroatoms. The molecule has 0 fully saturated rings. The molecule has 0 saturated heterocycles. The van der Waals surface area contributed by atoms with Crippen molar-refractivity contribution in [3.05, 3.63) is 89.5 Å². The lowest BCUT2D eigenvalue weighted by atomic mass is 10.1. The molecule has 0 unspecified atom stereocenters. The Balaban J connectivity index is 1.76. The van der Waals surface area contributed by atoms with Crippen LogP contribution in [-0.4, -0.2) is 18.4 Å². The summed E-state index contributed by atoms with van der Waals surface area (Å²) in [5.74, 6) is -0.141. The second kappa shape index (κ2) is 9.20. The molecule has 2 N–H and O–H groups in total. The van der Waals surface area contributed by atoms with Crippen LogP contribution in [0.1, 0.15) is 33.2 Å². The Bertz CT molecular complexity index is 1090. The van der Waals surface area contributed by atoms with E-state index in [0.29, 0.717) is 40.4 Å². The number of nitriles is 1. The first-order valence-corrected chi connectivity index (χ1v) is 9.05. The number of para-hydroxylation sites is 2. The van der Waals surface area contributed by atoms with Gasteiger partial charge in [0.25, 0.3) is 11.8 Å². The van der Waals surface area contributed by atoms with E-state index in [1.165, 1.54) is 6.07 Å². The fourth-order valence-corrected chi connectivity index (χ4v) is 2.72. The Morgan fingerprint density at radius 3 is 2.31 bits per heavy atom.